The maximum Gasteiger partial charge on any atom is 0.190 e. The number of hydrogen-bond acceptors (Lipinski definition) is 2. The molecule has 118 valence electrons. The van der Waals surface area contributed by atoms with Crippen molar-refractivity contribution in [2.24, 2.45) is 4.99 Å². The number of aryl methyl sites for hydroxylation is 1. The lowest BCUT2D eigenvalue weighted by molar-refractivity contribution is 0.0512. The van der Waals surface area contributed by atoms with Crippen molar-refractivity contribution in [3.63, 3.8) is 0 Å². The van der Waals surface area contributed by atoms with E-state index in [4.69, 9.17) is 4.74 Å². The highest BCUT2D eigenvalue weighted by molar-refractivity contribution is 14.0. The average molecular weight is 403 g/mol. The Hall–Kier alpha value is -0.820. The highest BCUT2D eigenvalue weighted by atomic mass is 127. The summed E-state index contributed by atoms with van der Waals surface area (Å²) in [7, 11) is 3.68. The van der Waals surface area contributed by atoms with Gasteiger partial charge in [0.2, 0.25) is 0 Å². The molecule has 1 aliphatic rings. The van der Waals surface area contributed by atoms with Crippen LogP contribution in [-0.4, -0.2) is 39.8 Å². The molecule has 0 radical (unpaired) electrons. The van der Waals surface area contributed by atoms with Gasteiger partial charge < -0.3 is 15.4 Å². The van der Waals surface area contributed by atoms with Crippen molar-refractivity contribution in [1.82, 2.24) is 10.6 Å². The lowest BCUT2D eigenvalue weighted by Gasteiger charge is -2.39. The van der Waals surface area contributed by atoms with Crippen LogP contribution in [0.15, 0.2) is 29.3 Å². The van der Waals surface area contributed by atoms with Gasteiger partial charge in [-0.3, -0.25) is 4.99 Å². The Kier molecular flexibility index (Phi) is 7.45. The van der Waals surface area contributed by atoms with Gasteiger partial charge >= 0.3 is 0 Å². The normalized spacial score (nSPS) is 17.8. The summed E-state index contributed by atoms with van der Waals surface area (Å²) in [6, 6.07) is 8.68. The Morgan fingerprint density at radius 1 is 1.29 bits per heavy atom. The van der Waals surface area contributed by atoms with Crippen LogP contribution in [0.2, 0.25) is 0 Å². The average Bonchev–Trinajstić information content (AvgIpc) is 2.49. The molecular formula is C16H26IN3O. The van der Waals surface area contributed by atoms with Gasteiger partial charge in [0.1, 0.15) is 0 Å². The van der Waals surface area contributed by atoms with Crippen molar-refractivity contribution in [3.05, 3.63) is 35.4 Å². The zero-order valence-corrected chi connectivity index (χ0v) is 15.4. The second kappa shape index (κ2) is 8.58. The van der Waals surface area contributed by atoms with Crippen LogP contribution in [0, 0.1) is 6.92 Å². The third kappa shape index (κ3) is 4.32. The minimum atomic E-state index is 0. The highest BCUT2D eigenvalue weighted by Crippen LogP contribution is 2.36. The summed E-state index contributed by atoms with van der Waals surface area (Å²) in [6.07, 6.45) is 2.09. The molecule has 0 bridgehead atoms. The minimum Gasteiger partial charge on any atom is -0.381 e. The molecule has 0 spiro atoms. The van der Waals surface area contributed by atoms with E-state index in [-0.39, 0.29) is 29.4 Å². The molecule has 0 aromatic heterocycles. The lowest BCUT2D eigenvalue weighted by Crippen LogP contribution is -2.47. The summed E-state index contributed by atoms with van der Waals surface area (Å²) in [5, 5.41) is 6.52. The van der Waals surface area contributed by atoms with Crippen molar-refractivity contribution >= 4 is 29.9 Å². The van der Waals surface area contributed by atoms with Crippen molar-refractivity contribution in [2.75, 3.05) is 33.9 Å². The highest BCUT2D eigenvalue weighted by Gasteiger charge is 2.35. The zero-order chi connectivity index (χ0) is 14.4. The van der Waals surface area contributed by atoms with Crippen LogP contribution >= 0.6 is 24.0 Å². The maximum atomic E-state index is 5.57. The van der Waals surface area contributed by atoms with E-state index in [0.29, 0.717) is 0 Å². The van der Waals surface area contributed by atoms with Crippen molar-refractivity contribution < 1.29 is 4.74 Å². The summed E-state index contributed by atoms with van der Waals surface area (Å²) in [6.45, 7) is 4.73. The third-order valence-electron chi connectivity index (χ3n) is 4.22. The van der Waals surface area contributed by atoms with Gasteiger partial charge in [0, 0.05) is 39.3 Å². The molecule has 21 heavy (non-hydrogen) atoms. The first-order valence-electron chi connectivity index (χ1n) is 7.24. The molecule has 2 N–H and O–H groups in total. The van der Waals surface area contributed by atoms with E-state index in [1.165, 1.54) is 11.1 Å². The number of halogens is 1. The van der Waals surface area contributed by atoms with Gasteiger partial charge in [-0.2, -0.15) is 0 Å². The molecule has 1 saturated heterocycles. The van der Waals surface area contributed by atoms with E-state index in [9.17, 15) is 0 Å². The van der Waals surface area contributed by atoms with E-state index in [2.05, 4.69) is 46.8 Å². The van der Waals surface area contributed by atoms with Crippen molar-refractivity contribution in [3.8, 4) is 0 Å². The second-order valence-electron chi connectivity index (χ2n) is 5.38. The van der Waals surface area contributed by atoms with Gasteiger partial charge in [0.25, 0.3) is 0 Å². The molecule has 0 unspecified atom stereocenters. The zero-order valence-electron chi connectivity index (χ0n) is 13.1. The Morgan fingerprint density at radius 2 is 1.95 bits per heavy atom. The van der Waals surface area contributed by atoms with Gasteiger partial charge in [-0.15, -0.1) is 24.0 Å². The quantitative estimate of drug-likeness (QED) is 0.463. The lowest BCUT2D eigenvalue weighted by atomic mass is 9.72. The molecule has 0 saturated carbocycles. The third-order valence-corrected chi connectivity index (χ3v) is 4.22. The number of hydrogen-bond donors (Lipinski definition) is 2. The van der Waals surface area contributed by atoms with Gasteiger partial charge in [-0.05, 0) is 30.9 Å². The molecule has 0 amide bonds. The fraction of sp³-hybridized carbons (Fsp3) is 0.562. The topological polar surface area (TPSA) is 45.7 Å². The monoisotopic (exact) mass is 403 g/mol. The van der Waals surface area contributed by atoms with E-state index in [0.717, 1.165) is 38.6 Å². The predicted octanol–water partition coefficient (Wildman–Crippen LogP) is 2.46. The van der Waals surface area contributed by atoms with Crippen LogP contribution < -0.4 is 10.6 Å². The van der Waals surface area contributed by atoms with Crippen LogP contribution in [0.3, 0.4) is 0 Å². The van der Waals surface area contributed by atoms with Gasteiger partial charge in [0.05, 0.1) is 0 Å². The van der Waals surface area contributed by atoms with E-state index in [1.807, 2.05) is 7.05 Å². The maximum absolute atomic E-state index is 5.57. The van der Waals surface area contributed by atoms with Gasteiger partial charge in [-0.25, -0.2) is 0 Å². The van der Waals surface area contributed by atoms with Crippen molar-refractivity contribution in [2.45, 2.75) is 25.2 Å². The summed E-state index contributed by atoms with van der Waals surface area (Å²) in [5.74, 6) is 0.837. The second-order valence-corrected chi connectivity index (χ2v) is 5.38. The van der Waals surface area contributed by atoms with Crippen LogP contribution in [0.5, 0.6) is 0 Å². The largest absolute Gasteiger partial charge is 0.381 e. The number of aliphatic imine (C=N–C) groups is 1. The molecule has 1 aromatic rings. The fourth-order valence-electron chi connectivity index (χ4n) is 3.00. The van der Waals surface area contributed by atoms with Crippen LogP contribution in [0.4, 0.5) is 0 Å². The Bertz CT molecular complexity index is 470. The standard InChI is InChI=1S/C16H25N3O.HI/c1-13-6-4-5-7-14(13)16(8-10-20-11-9-16)12-19-15(17-2)18-3;/h4-7H,8-12H2,1-3H3,(H2,17,18,19);1H. The molecule has 1 heterocycles. The Balaban J connectivity index is 0.00000220. The molecule has 1 fully saturated rings. The predicted molar refractivity (Wildman–Crippen MR) is 98.7 cm³/mol. The number of nitrogens with zero attached hydrogens (tertiary/aromatic N) is 1. The fourth-order valence-corrected chi connectivity index (χ4v) is 3.00. The molecule has 4 nitrogen and oxygen atoms in total. The molecule has 1 aliphatic heterocycles. The summed E-state index contributed by atoms with van der Waals surface area (Å²) < 4.78 is 5.57. The number of nitrogens with one attached hydrogen (secondary N) is 2. The number of ether oxygens (including phenoxy) is 1. The van der Waals surface area contributed by atoms with Crippen LogP contribution in [0.1, 0.15) is 24.0 Å². The molecule has 1 aromatic carbocycles. The summed E-state index contributed by atoms with van der Waals surface area (Å²) in [5.41, 5.74) is 2.93. The number of benzene rings is 1. The molecule has 2 rings (SSSR count). The number of rotatable bonds is 3. The first kappa shape index (κ1) is 18.2. The van der Waals surface area contributed by atoms with Gasteiger partial charge in [-0.1, -0.05) is 24.3 Å². The van der Waals surface area contributed by atoms with E-state index >= 15 is 0 Å². The van der Waals surface area contributed by atoms with Crippen LogP contribution in [0.25, 0.3) is 0 Å². The van der Waals surface area contributed by atoms with Crippen LogP contribution in [-0.2, 0) is 10.2 Å². The smallest absolute Gasteiger partial charge is 0.190 e. The molecular weight excluding hydrogens is 377 g/mol. The molecule has 5 heteroatoms. The summed E-state index contributed by atoms with van der Waals surface area (Å²) >= 11 is 0. The first-order chi connectivity index (χ1) is 9.72. The first-order valence-corrected chi connectivity index (χ1v) is 7.24. The van der Waals surface area contributed by atoms with Gasteiger partial charge in [0.15, 0.2) is 5.96 Å². The SMILES string of the molecule is CN=C(NC)NCC1(c2ccccc2C)CCOCC1.I. The minimum absolute atomic E-state index is 0. The molecule has 0 atom stereocenters. The Morgan fingerprint density at radius 3 is 2.52 bits per heavy atom. The molecule has 0 aliphatic carbocycles. The van der Waals surface area contributed by atoms with E-state index < -0.39 is 0 Å². The van der Waals surface area contributed by atoms with Crippen molar-refractivity contribution in [1.29, 1.82) is 0 Å². The Labute approximate surface area is 144 Å². The van der Waals surface area contributed by atoms with E-state index in [1.54, 1.807) is 7.05 Å². The number of guanidine groups is 1. The summed E-state index contributed by atoms with van der Waals surface area (Å²) in [4.78, 5) is 4.20.